The molecule has 0 bridgehead atoms. The zero-order valence-electron chi connectivity index (χ0n) is 12.3. The zero-order chi connectivity index (χ0) is 14.8. The maximum absolute atomic E-state index is 12.2. The minimum absolute atomic E-state index is 0.0414. The molecule has 1 saturated carbocycles. The Morgan fingerprint density at radius 3 is 2.95 bits per heavy atom. The van der Waals surface area contributed by atoms with E-state index in [-0.39, 0.29) is 24.1 Å². The lowest BCUT2D eigenvalue weighted by atomic mass is 10.3. The topological polar surface area (TPSA) is 64.4 Å². The van der Waals surface area contributed by atoms with Gasteiger partial charge in [-0.15, -0.1) is 0 Å². The van der Waals surface area contributed by atoms with Crippen molar-refractivity contribution in [3.63, 3.8) is 0 Å². The number of likely N-dealkylation sites (tertiary alicyclic amines) is 1. The fourth-order valence-electron chi connectivity index (χ4n) is 2.53. The van der Waals surface area contributed by atoms with Crippen LogP contribution in [0.15, 0.2) is 17.2 Å². The Morgan fingerprint density at radius 2 is 2.24 bits per heavy atom. The molecule has 1 aliphatic carbocycles. The van der Waals surface area contributed by atoms with Crippen LogP contribution in [-0.4, -0.2) is 46.2 Å². The molecular formula is C15H21N3O3. The van der Waals surface area contributed by atoms with Crippen LogP contribution in [0.2, 0.25) is 0 Å². The standard InChI is InChI=1S/C15H21N3O3/c1-11-6-14(19)18(10-16-11)8-15(20)17-5-4-13(7-17)21-9-12-2-3-12/h6,10,12-13H,2-5,7-9H2,1H3. The average molecular weight is 291 g/mol. The first-order valence-corrected chi connectivity index (χ1v) is 7.54. The number of carbonyl (C=O) groups is 1. The summed E-state index contributed by atoms with van der Waals surface area (Å²) in [5.74, 6) is 0.701. The van der Waals surface area contributed by atoms with E-state index in [9.17, 15) is 9.59 Å². The number of aryl methyl sites for hydroxylation is 1. The summed E-state index contributed by atoms with van der Waals surface area (Å²) in [6.45, 7) is 3.99. The van der Waals surface area contributed by atoms with Gasteiger partial charge in [0.25, 0.3) is 5.56 Å². The summed E-state index contributed by atoms with van der Waals surface area (Å²) in [4.78, 5) is 29.8. The van der Waals surface area contributed by atoms with E-state index >= 15 is 0 Å². The fraction of sp³-hybridized carbons (Fsp3) is 0.667. The van der Waals surface area contributed by atoms with E-state index in [0.717, 1.165) is 18.9 Å². The molecule has 6 heteroatoms. The van der Waals surface area contributed by atoms with E-state index in [0.29, 0.717) is 18.8 Å². The van der Waals surface area contributed by atoms with Crippen LogP contribution in [0.3, 0.4) is 0 Å². The summed E-state index contributed by atoms with van der Waals surface area (Å²) >= 11 is 0. The highest BCUT2D eigenvalue weighted by Crippen LogP contribution is 2.30. The first-order chi connectivity index (χ1) is 10.1. The highest BCUT2D eigenvalue weighted by Gasteiger charge is 2.29. The van der Waals surface area contributed by atoms with Crippen LogP contribution >= 0.6 is 0 Å². The zero-order valence-corrected chi connectivity index (χ0v) is 12.3. The number of rotatable bonds is 5. The molecule has 1 amide bonds. The fourth-order valence-corrected chi connectivity index (χ4v) is 2.53. The van der Waals surface area contributed by atoms with Gasteiger partial charge in [-0.05, 0) is 32.1 Å². The van der Waals surface area contributed by atoms with Gasteiger partial charge in [0.2, 0.25) is 5.91 Å². The second kappa shape index (κ2) is 5.97. The lowest BCUT2D eigenvalue weighted by molar-refractivity contribution is -0.131. The quantitative estimate of drug-likeness (QED) is 0.796. The smallest absolute Gasteiger partial charge is 0.253 e. The van der Waals surface area contributed by atoms with Crippen LogP contribution in [0.25, 0.3) is 0 Å². The Kier molecular flexibility index (Phi) is 4.05. The van der Waals surface area contributed by atoms with Gasteiger partial charge in [0.15, 0.2) is 0 Å². The van der Waals surface area contributed by atoms with Crippen molar-refractivity contribution in [1.29, 1.82) is 0 Å². The Labute approximate surface area is 123 Å². The van der Waals surface area contributed by atoms with Crippen molar-refractivity contribution in [3.05, 3.63) is 28.4 Å². The van der Waals surface area contributed by atoms with Gasteiger partial charge in [-0.3, -0.25) is 14.2 Å². The molecule has 0 N–H and O–H groups in total. The number of carbonyl (C=O) groups excluding carboxylic acids is 1. The molecular weight excluding hydrogens is 270 g/mol. The van der Waals surface area contributed by atoms with Crippen LogP contribution in [0, 0.1) is 12.8 Å². The normalized spacial score (nSPS) is 21.8. The van der Waals surface area contributed by atoms with E-state index in [1.54, 1.807) is 11.8 Å². The summed E-state index contributed by atoms with van der Waals surface area (Å²) in [5, 5.41) is 0. The lowest BCUT2D eigenvalue weighted by Gasteiger charge is -2.17. The molecule has 2 aliphatic rings. The SMILES string of the molecule is Cc1cc(=O)n(CC(=O)N2CCC(OCC3CC3)C2)cn1. The van der Waals surface area contributed by atoms with Crippen molar-refractivity contribution < 1.29 is 9.53 Å². The molecule has 1 aromatic heterocycles. The molecule has 1 saturated heterocycles. The van der Waals surface area contributed by atoms with Crippen LogP contribution in [-0.2, 0) is 16.1 Å². The van der Waals surface area contributed by atoms with E-state index in [4.69, 9.17) is 4.74 Å². The van der Waals surface area contributed by atoms with Crippen molar-refractivity contribution in [2.45, 2.75) is 38.8 Å². The van der Waals surface area contributed by atoms with Crippen molar-refractivity contribution in [2.75, 3.05) is 19.7 Å². The van der Waals surface area contributed by atoms with Gasteiger partial charge in [-0.25, -0.2) is 4.98 Å². The minimum Gasteiger partial charge on any atom is -0.376 e. The Hall–Kier alpha value is -1.69. The second-order valence-corrected chi connectivity index (χ2v) is 6.02. The summed E-state index contributed by atoms with van der Waals surface area (Å²) in [6.07, 6.45) is 5.03. The molecule has 1 aromatic rings. The molecule has 1 unspecified atom stereocenters. The highest BCUT2D eigenvalue weighted by molar-refractivity contribution is 5.76. The number of amides is 1. The van der Waals surface area contributed by atoms with Crippen molar-refractivity contribution in [3.8, 4) is 0 Å². The molecule has 2 fully saturated rings. The minimum atomic E-state index is -0.184. The van der Waals surface area contributed by atoms with Gasteiger partial charge >= 0.3 is 0 Å². The third kappa shape index (κ3) is 3.69. The van der Waals surface area contributed by atoms with Crippen LogP contribution in [0.4, 0.5) is 0 Å². The number of hydrogen-bond donors (Lipinski definition) is 0. The van der Waals surface area contributed by atoms with Crippen LogP contribution < -0.4 is 5.56 Å². The monoisotopic (exact) mass is 291 g/mol. The Morgan fingerprint density at radius 1 is 1.43 bits per heavy atom. The van der Waals surface area contributed by atoms with Crippen LogP contribution in [0.5, 0.6) is 0 Å². The largest absolute Gasteiger partial charge is 0.376 e. The number of nitrogens with zero attached hydrogens (tertiary/aromatic N) is 3. The Bertz CT molecular complexity index is 580. The lowest BCUT2D eigenvalue weighted by Crippen LogP contribution is -2.35. The third-order valence-corrected chi connectivity index (χ3v) is 4.08. The molecule has 2 heterocycles. The molecule has 6 nitrogen and oxygen atoms in total. The number of ether oxygens (including phenoxy) is 1. The van der Waals surface area contributed by atoms with Gasteiger partial charge < -0.3 is 9.64 Å². The molecule has 0 spiro atoms. The van der Waals surface area contributed by atoms with Gasteiger partial charge in [0.05, 0.1) is 12.4 Å². The summed E-state index contributed by atoms with van der Waals surface area (Å²) in [6, 6.07) is 1.44. The maximum Gasteiger partial charge on any atom is 0.253 e. The van der Waals surface area contributed by atoms with E-state index < -0.39 is 0 Å². The van der Waals surface area contributed by atoms with Gasteiger partial charge in [0.1, 0.15) is 6.54 Å². The highest BCUT2D eigenvalue weighted by atomic mass is 16.5. The maximum atomic E-state index is 12.2. The first-order valence-electron chi connectivity index (χ1n) is 7.54. The van der Waals surface area contributed by atoms with Crippen molar-refractivity contribution in [2.24, 2.45) is 5.92 Å². The second-order valence-electron chi connectivity index (χ2n) is 6.02. The third-order valence-electron chi connectivity index (χ3n) is 4.08. The molecule has 3 rings (SSSR count). The summed E-state index contributed by atoms with van der Waals surface area (Å²) in [5.41, 5.74) is 0.481. The van der Waals surface area contributed by atoms with Gasteiger partial charge in [-0.1, -0.05) is 0 Å². The van der Waals surface area contributed by atoms with Gasteiger partial charge in [0, 0.05) is 31.5 Å². The Balaban J connectivity index is 1.52. The van der Waals surface area contributed by atoms with Crippen molar-refractivity contribution in [1.82, 2.24) is 14.5 Å². The molecule has 21 heavy (non-hydrogen) atoms. The van der Waals surface area contributed by atoms with E-state index in [1.165, 1.54) is 29.8 Å². The molecule has 1 aliphatic heterocycles. The van der Waals surface area contributed by atoms with E-state index in [2.05, 4.69) is 4.98 Å². The number of hydrogen-bond acceptors (Lipinski definition) is 4. The molecule has 1 atom stereocenters. The summed E-state index contributed by atoms with van der Waals surface area (Å²) < 4.78 is 7.18. The van der Waals surface area contributed by atoms with Crippen molar-refractivity contribution >= 4 is 5.91 Å². The number of aromatic nitrogens is 2. The predicted octanol–water partition coefficient (Wildman–Crippen LogP) is 0.579. The molecule has 0 aromatic carbocycles. The average Bonchev–Trinajstić information content (AvgIpc) is 3.16. The van der Waals surface area contributed by atoms with E-state index in [1.807, 2.05) is 0 Å². The predicted molar refractivity (Wildman–Crippen MR) is 76.9 cm³/mol. The van der Waals surface area contributed by atoms with Gasteiger partial charge in [-0.2, -0.15) is 0 Å². The van der Waals surface area contributed by atoms with Crippen LogP contribution in [0.1, 0.15) is 25.0 Å². The summed E-state index contributed by atoms with van der Waals surface area (Å²) in [7, 11) is 0. The first kappa shape index (κ1) is 14.3. The molecule has 0 radical (unpaired) electrons. The molecule has 114 valence electrons.